The van der Waals surface area contributed by atoms with Gasteiger partial charge < -0.3 is 26.4 Å². The Morgan fingerprint density at radius 1 is 0.825 bits per heavy atom. The average Bonchev–Trinajstić information content (AvgIpc) is 2.93. The Morgan fingerprint density at radius 3 is 2.15 bits per heavy atom. The topological polar surface area (TPSA) is 184 Å². The zero-order chi connectivity index (χ0) is 29.2. The van der Waals surface area contributed by atoms with Crippen LogP contribution in [-0.2, 0) is 25.6 Å². The molecule has 0 aliphatic carbocycles. The Kier molecular flexibility index (Phi) is 10.5. The number of Topliss-reactive ketones (excluding diaryl/α,β-unsaturated/α-hetero) is 1. The summed E-state index contributed by atoms with van der Waals surface area (Å²) < 4.78 is 0. The summed E-state index contributed by atoms with van der Waals surface area (Å²) in [6, 6.07) is 17.7. The Morgan fingerprint density at radius 2 is 1.48 bits per heavy atom. The molecule has 0 aliphatic heterocycles. The van der Waals surface area contributed by atoms with Gasteiger partial charge in [0.2, 0.25) is 5.91 Å². The number of benzene rings is 3. The third-order valence-corrected chi connectivity index (χ3v) is 6.69. The second kappa shape index (κ2) is 14.0. The van der Waals surface area contributed by atoms with Crippen molar-refractivity contribution >= 4 is 40.3 Å². The van der Waals surface area contributed by atoms with E-state index in [0.717, 1.165) is 10.8 Å². The molecule has 40 heavy (non-hydrogen) atoms. The van der Waals surface area contributed by atoms with Gasteiger partial charge in [0.1, 0.15) is 0 Å². The van der Waals surface area contributed by atoms with Crippen LogP contribution in [0.3, 0.4) is 0 Å². The van der Waals surface area contributed by atoms with Crippen LogP contribution in [-0.4, -0.2) is 50.9 Å². The number of carbonyl (C=O) groups is 5. The SMILES string of the molecule is NC(=O)C[C@H](C(=O)[C@H](CCCC(=O)O)NC(=O)c1ccccc1CCC(=O)O)C(O)c1ccc2ccccc2c1. The average molecular weight is 549 g/mol. The molecule has 0 heterocycles. The largest absolute Gasteiger partial charge is 0.481 e. The number of hydrogen-bond donors (Lipinski definition) is 5. The molecule has 3 aromatic rings. The van der Waals surface area contributed by atoms with Crippen LogP contribution in [0.1, 0.15) is 59.7 Å². The number of ketones is 1. The number of aryl methyl sites for hydroxylation is 1. The van der Waals surface area contributed by atoms with Crippen molar-refractivity contribution in [3.8, 4) is 0 Å². The van der Waals surface area contributed by atoms with Crippen molar-refractivity contribution in [1.82, 2.24) is 5.32 Å². The van der Waals surface area contributed by atoms with Crippen LogP contribution in [0.4, 0.5) is 0 Å². The van der Waals surface area contributed by atoms with Gasteiger partial charge in [0.25, 0.3) is 5.91 Å². The van der Waals surface area contributed by atoms with Gasteiger partial charge in [-0.25, -0.2) is 0 Å². The third kappa shape index (κ3) is 8.21. The lowest BCUT2D eigenvalue weighted by Gasteiger charge is -2.27. The number of hydrogen-bond acceptors (Lipinski definition) is 6. The molecule has 0 radical (unpaired) electrons. The molecule has 3 aromatic carbocycles. The Bertz CT molecular complexity index is 1400. The van der Waals surface area contributed by atoms with Crippen molar-refractivity contribution in [2.24, 2.45) is 11.7 Å². The zero-order valence-electron chi connectivity index (χ0n) is 21.8. The molecule has 1 unspecified atom stereocenters. The number of aliphatic carboxylic acids is 2. The van der Waals surface area contributed by atoms with Crippen molar-refractivity contribution in [1.29, 1.82) is 0 Å². The molecule has 10 heteroatoms. The molecule has 2 amide bonds. The smallest absolute Gasteiger partial charge is 0.303 e. The Hall–Kier alpha value is -4.57. The highest BCUT2D eigenvalue weighted by molar-refractivity contribution is 6.00. The van der Waals surface area contributed by atoms with E-state index in [0.29, 0.717) is 11.1 Å². The monoisotopic (exact) mass is 548 g/mol. The molecule has 0 bridgehead atoms. The number of carbonyl (C=O) groups excluding carboxylic acids is 3. The number of carboxylic acids is 2. The van der Waals surface area contributed by atoms with E-state index in [1.54, 1.807) is 36.4 Å². The van der Waals surface area contributed by atoms with Gasteiger partial charge in [0, 0.05) is 24.8 Å². The number of fused-ring (bicyclic) bond motifs is 1. The molecule has 6 N–H and O–H groups in total. The summed E-state index contributed by atoms with van der Waals surface area (Å²) in [5.41, 5.74) is 6.44. The minimum absolute atomic E-state index is 0.0437. The highest BCUT2D eigenvalue weighted by Gasteiger charge is 2.35. The van der Waals surface area contributed by atoms with Crippen LogP contribution >= 0.6 is 0 Å². The molecule has 3 rings (SSSR count). The van der Waals surface area contributed by atoms with Gasteiger partial charge in [0.15, 0.2) is 5.78 Å². The molecule has 10 nitrogen and oxygen atoms in total. The van der Waals surface area contributed by atoms with E-state index in [-0.39, 0.29) is 37.7 Å². The van der Waals surface area contributed by atoms with E-state index in [1.807, 2.05) is 24.3 Å². The molecule has 0 fully saturated rings. The second-order valence-corrected chi connectivity index (χ2v) is 9.59. The summed E-state index contributed by atoms with van der Waals surface area (Å²) in [6.45, 7) is 0. The van der Waals surface area contributed by atoms with Crippen LogP contribution in [0.15, 0.2) is 66.7 Å². The number of amides is 2. The zero-order valence-corrected chi connectivity index (χ0v) is 21.8. The number of primary amides is 1. The van der Waals surface area contributed by atoms with Crippen molar-refractivity contribution < 1.29 is 39.3 Å². The van der Waals surface area contributed by atoms with Gasteiger partial charge in [-0.05, 0) is 53.3 Å². The van der Waals surface area contributed by atoms with Gasteiger partial charge in [-0.2, -0.15) is 0 Å². The van der Waals surface area contributed by atoms with E-state index < -0.39 is 54.0 Å². The van der Waals surface area contributed by atoms with Crippen LogP contribution < -0.4 is 11.1 Å². The minimum atomic E-state index is -1.42. The Balaban J connectivity index is 1.91. The molecule has 0 aromatic heterocycles. The fourth-order valence-corrected chi connectivity index (χ4v) is 4.65. The van der Waals surface area contributed by atoms with Crippen molar-refractivity contribution in [2.45, 2.75) is 50.7 Å². The summed E-state index contributed by atoms with van der Waals surface area (Å²) >= 11 is 0. The molecular weight excluding hydrogens is 516 g/mol. The van der Waals surface area contributed by atoms with Gasteiger partial charge in [-0.1, -0.05) is 54.6 Å². The quantitative estimate of drug-likeness (QED) is 0.192. The van der Waals surface area contributed by atoms with Crippen LogP contribution in [0.5, 0.6) is 0 Å². The number of nitrogens with one attached hydrogen (secondary N) is 1. The molecule has 0 aliphatic rings. The van der Waals surface area contributed by atoms with Crippen LogP contribution in [0.2, 0.25) is 0 Å². The lowest BCUT2D eigenvalue weighted by atomic mass is 9.84. The highest BCUT2D eigenvalue weighted by Crippen LogP contribution is 2.30. The lowest BCUT2D eigenvalue weighted by Crippen LogP contribution is -2.46. The maximum absolute atomic E-state index is 13.8. The first-order valence-electron chi connectivity index (χ1n) is 12.9. The first kappa shape index (κ1) is 30.0. The number of carboxylic acid groups (broad SMARTS) is 2. The molecule has 210 valence electrons. The van der Waals surface area contributed by atoms with E-state index in [1.165, 1.54) is 6.07 Å². The number of aliphatic hydroxyl groups excluding tert-OH is 1. The summed E-state index contributed by atoms with van der Waals surface area (Å²) in [7, 11) is 0. The highest BCUT2D eigenvalue weighted by atomic mass is 16.4. The normalized spacial score (nSPS) is 13.2. The van der Waals surface area contributed by atoms with E-state index >= 15 is 0 Å². The number of aliphatic hydroxyl groups is 1. The molecular formula is C30H32N2O8. The molecule has 0 spiro atoms. The molecule has 0 saturated heterocycles. The first-order chi connectivity index (χ1) is 19.1. The summed E-state index contributed by atoms with van der Waals surface area (Å²) in [5.74, 6) is -5.58. The fraction of sp³-hybridized carbons (Fsp3) is 0.300. The summed E-state index contributed by atoms with van der Waals surface area (Å²) in [4.78, 5) is 61.2. The van der Waals surface area contributed by atoms with Crippen molar-refractivity contribution in [3.63, 3.8) is 0 Å². The van der Waals surface area contributed by atoms with E-state index in [4.69, 9.17) is 15.9 Å². The number of rotatable bonds is 15. The second-order valence-electron chi connectivity index (χ2n) is 9.59. The predicted octanol–water partition coefficient (Wildman–Crippen LogP) is 3.00. The standard InChI is InChI=1S/C30H32N2O8/c31-25(33)17-23(28(38)21-13-12-18-6-1-2-8-20(18)16-21)29(39)24(10-5-11-26(34)35)32-30(40)22-9-4-3-7-19(22)14-15-27(36)37/h1-4,6-9,12-13,16,23-24,28,38H,5,10-11,14-15,17H2,(H2,31,33)(H,32,40)(H,34,35)(H,36,37)/t23-,24-,28?/m0/s1. The summed E-state index contributed by atoms with van der Waals surface area (Å²) in [5, 5.41) is 33.7. The minimum Gasteiger partial charge on any atom is -0.481 e. The van der Waals surface area contributed by atoms with Crippen molar-refractivity contribution in [3.05, 3.63) is 83.4 Å². The summed E-state index contributed by atoms with van der Waals surface area (Å²) in [6.07, 6.45) is -2.32. The van der Waals surface area contributed by atoms with Crippen LogP contribution in [0, 0.1) is 5.92 Å². The number of nitrogens with two attached hydrogens (primary N) is 1. The van der Waals surface area contributed by atoms with E-state index in [9.17, 15) is 29.1 Å². The maximum Gasteiger partial charge on any atom is 0.303 e. The molecule has 0 saturated carbocycles. The van der Waals surface area contributed by atoms with Gasteiger partial charge in [-0.3, -0.25) is 24.0 Å². The van der Waals surface area contributed by atoms with Gasteiger partial charge in [0.05, 0.1) is 18.1 Å². The fourth-order valence-electron chi connectivity index (χ4n) is 4.65. The van der Waals surface area contributed by atoms with E-state index in [2.05, 4.69) is 5.32 Å². The first-order valence-corrected chi connectivity index (χ1v) is 12.9. The van der Waals surface area contributed by atoms with Crippen molar-refractivity contribution in [2.75, 3.05) is 0 Å². The van der Waals surface area contributed by atoms with Gasteiger partial charge >= 0.3 is 11.9 Å². The molecule has 3 atom stereocenters. The van der Waals surface area contributed by atoms with Gasteiger partial charge in [-0.15, -0.1) is 0 Å². The third-order valence-electron chi connectivity index (χ3n) is 6.69. The predicted molar refractivity (Wildman–Crippen MR) is 146 cm³/mol. The lowest BCUT2D eigenvalue weighted by molar-refractivity contribution is -0.138. The Labute approximate surface area is 230 Å². The van der Waals surface area contributed by atoms with Crippen LogP contribution in [0.25, 0.3) is 10.8 Å². The maximum atomic E-state index is 13.8.